The average Bonchev–Trinajstić information content (AvgIpc) is 2.80. The molecule has 4 nitrogen and oxygen atoms in total. The van der Waals surface area contributed by atoms with Gasteiger partial charge in [0, 0.05) is 8.95 Å². The molecule has 0 aliphatic heterocycles. The second-order valence-corrected chi connectivity index (χ2v) is 8.59. The Balaban J connectivity index is 0.000000181. The first kappa shape index (κ1) is 24.5. The molecule has 0 unspecified atom stereocenters. The Morgan fingerprint density at radius 3 is 1.00 bits per heavy atom. The van der Waals surface area contributed by atoms with Gasteiger partial charge in [-0.15, -0.1) is 0 Å². The summed E-state index contributed by atoms with van der Waals surface area (Å²) in [6.07, 6.45) is 0. The maximum atomic E-state index is 9.30. The minimum absolute atomic E-state index is 0.509. The van der Waals surface area contributed by atoms with Crippen LogP contribution in [0.1, 0.15) is 0 Å². The predicted molar refractivity (Wildman–Crippen MR) is 139 cm³/mol. The molecule has 0 fully saturated rings. The van der Waals surface area contributed by atoms with Crippen molar-refractivity contribution in [2.45, 2.75) is 0 Å². The van der Waals surface area contributed by atoms with Crippen LogP contribution in [0.15, 0.2) is 106 Å². The molecule has 160 valence electrons. The lowest BCUT2D eigenvalue weighted by Gasteiger charge is -2.10. The van der Waals surface area contributed by atoms with Gasteiger partial charge in [0.1, 0.15) is 0 Å². The van der Waals surface area contributed by atoms with Gasteiger partial charge in [0.05, 0.1) is 0 Å². The number of rotatable bonds is 4. The summed E-state index contributed by atoms with van der Waals surface area (Å²) in [5.74, 6) is 0. The summed E-state index contributed by atoms with van der Waals surface area (Å²) >= 11 is 6.91. The third-order valence-corrected chi connectivity index (χ3v) is 6.19. The van der Waals surface area contributed by atoms with E-state index in [9.17, 15) is 20.1 Å². The molecule has 0 saturated heterocycles. The van der Waals surface area contributed by atoms with Crippen LogP contribution in [0.3, 0.4) is 0 Å². The summed E-state index contributed by atoms with van der Waals surface area (Å²) in [4.78, 5) is 0. The van der Waals surface area contributed by atoms with Crippen LogP contribution >= 0.6 is 31.9 Å². The smallest absolute Gasteiger partial charge is 0.423 e. The molecule has 8 heteroatoms. The topological polar surface area (TPSA) is 80.9 Å². The Hall–Kier alpha value is -2.19. The lowest BCUT2D eigenvalue weighted by Crippen LogP contribution is -2.31. The number of hydrogen-bond acceptors (Lipinski definition) is 4. The molecule has 4 rings (SSSR count). The largest absolute Gasteiger partial charge is 0.489 e. The van der Waals surface area contributed by atoms with Crippen molar-refractivity contribution in [1.82, 2.24) is 0 Å². The highest BCUT2D eigenvalue weighted by atomic mass is 79.9. The van der Waals surface area contributed by atoms with Crippen molar-refractivity contribution in [3.8, 4) is 22.3 Å². The summed E-state index contributed by atoms with van der Waals surface area (Å²) in [5.41, 5.74) is 4.57. The van der Waals surface area contributed by atoms with Crippen LogP contribution < -0.4 is 10.9 Å². The van der Waals surface area contributed by atoms with Crippen LogP contribution in [0.2, 0.25) is 0 Å². The van der Waals surface area contributed by atoms with Gasteiger partial charge < -0.3 is 20.1 Å². The van der Waals surface area contributed by atoms with E-state index >= 15 is 0 Å². The maximum Gasteiger partial charge on any atom is 0.489 e. The quantitative estimate of drug-likeness (QED) is 0.291. The molecule has 0 radical (unpaired) electrons. The highest BCUT2D eigenvalue weighted by Crippen LogP contribution is 2.27. The second-order valence-electron chi connectivity index (χ2n) is 6.88. The Morgan fingerprint density at radius 2 is 0.688 bits per heavy atom. The van der Waals surface area contributed by atoms with Gasteiger partial charge >= 0.3 is 14.2 Å². The van der Waals surface area contributed by atoms with Gasteiger partial charge in [-0.2, -0.15) is 0 Å². The molecule has 0 saturated carbocycles. The first-order valence-corrected chi connectivity index (χ1v) is 11.4. The lowest BCUT2D eigenvalue weighted by molar-refractivity contribution is 0.424. The SMILES string of the molecule is OB(O)c1ccccc1-c1ccccc1Br.OB(O)c1ccccc1-c1ccccc1Br. The van der Waals surface area contributed by atoms with Gasteiger partial charge in [-0.1, -0.05) is 117 Å². The highest BCUT2D eigenvalue weighted by Gasteiger charge is 2.18. The van der Waals surface area contributed by atoms with E-state index in [1.165, 1.54) is 0 Å². The first-order valence-electron chi connectivity index (χ1n) is 9.80. The zero-order chi connectivity index (χ0) is 23.1. The fourth-order valence-corrected chi connectivity index (χ4v) is 4.29. The van der Waals surface area contributed by atoms with Gasteiger partial charge in [-0.05, 0) is 45.3 Å². The number of hydrogen-bond donors (Lipinski definition) is 4. The van der Waals surface area contributed by atoms with E-state index in [1.54, 1.807) is 24.3 Å². The van der Waals surface area contributed by atoms with Gasteiger partial charge in [0.25, 0.3) is 0 Å². The molecule has 0 aliphatic carbocycles. The molecule has 0 amide bonds. The average molecular weight is 554 g/mol. The Kier molecular flexibility index (Phi) is 8.87. The molecule has 4 aromatic carbocycles. The van der Waals surface area contributed by atoms with Crippen molar-refractivity contribution >= 4 is 57.0 Å². The van der Waals surface area contributed by atoms with Crippen molar-refractivity contribution in [3.63, 3.8) is 0 Å². The highest BCUT2D eigenvalue weighted by molar-refractivity contribution is 9.11. The Bertz CT molecular complexity index is 1090. The summed E-state index contributed by atoms with van der Waals surface area (Å²) in [7, 11) is -2.91. The zero-order valence-corrected chi connectivity index (χ0v) is 20.1. The molecule has 4 N–H and O–H groups in total. The van der Waals surface area contributed by atoms with Crippen LogP contribution in [0.4, 0.5) is 0 Å². The molecule has 4 aromatic rings. The fourth-order valence-electron chi connectivity index (χ4n) is 3.29. The van der Waals surface area contributed by atoms with Crippen LogP contribution in [0.5, 0.6) is 0 Å². The molecular formula is C24H20B2Br2O4. The molecule has 0 atom stereocenters. The summed E-state index contributed by atoms with van der Waals surface area (Å²) in [5, 5.41) is 37.2. The molecule has 0 spiro atoms. The van der Waals surface area contributed by atoms with Crippen molar-refractivity contribution in [2.75, 3.05) is 0 Å². The van der Waals surface area contributed by atoms with E-state index in [0.29, 0.717) is 10.9 Å². The predicted octanol–water partition coefficient (Wildman–Crippen LogP) is 3.59. The third-order valence-electron chi connectivity index (χ3n) is 4.81. The van der Waals surface area contributed by atoms with E-state index < -0.39 is 14.2 Å². The summed E-state index contributed by atoms with van der Waals surface area (Å²) < 4.78 is 1.87. The van der Waals surface area contributed by atoms with Crippen LogP contribution in [-0.4, -0.2) is 34.3 Å². The van der Waals surface area contributed by atoms with E-state index in [-0.39, 0.29) is 0 Å². The van der Waals surface area contributed by atoms with Gasteiger partial charge in [0.2, 0.25) is 0 Å². The van der Waals surface area contributed by atoms with Gasteiger partial charge in [-0.3, -0.25) is 0 Å². The van der Waals surface area contributed by atoms with E-state index in [1.807, 2.05) is 72.8 Å². The van der Waals surface area contributed by atoms with E-state index in [2.05, 4.69) is 31.9 Å². The molecule has 0 bridgehead atoms. The standard InChI is InChI=1S/2C12H10BBrO2/c2*14-12-8-4-2-6-10(12)9-5-1-3-7-11(9)13(15)16/h2*1-8,15-16H. The molecule has 0 aromatic heterocycles. The van der Waals surface area contributed by atoms with E-state index in [4.69, 9.17) is 0 Å². The van der Waals surface area contributed by atoms with Crippen LogP contribution in [0, 0.1) is 0 Å². The fraction of sp³-hybridized carbons (Fsp3) is 0. The zero-order valence-electron chi connectivity index (χ0n) is 16.9. The Morgan fingerprint density at radius 1 is 0.406 bits per heavy atom. The van der Waals surface area contributed by atoms with Crippen molar-refractivity contribution in [3.05, 3.63) is 106 Å². The molecular weight excluding hydrogens is 534 g/mol. The van der Waals surface area contributed by atoms with Gasteiger partial charge in [-0.25, -0.2) is 0 Å². The van der Waals surface area contributed by atoms with Crippen molar-refractivity contribution < 1.29 is 20.1 Å². The molecule has 0 aliphatic rings. The van der Waals surface area contributed by atoms with Crippen LogP contribution in [-0.2, 0) is 0 Å². The maximum absolute atomic E-state index is 9.30. The van der Waals surface area contributed by atoms with Crippen molar-refractivity contribution in [2.24, 2.45) is 0 Å². The number of halogens is 2. The second kappa shape index (κ2) is 11.6. The normalized spacial score (nSPS) is 10.2. The minimum atomic E-state index is -1.46. The summed E-state index contributed by atoms with van der Waals surface area (Å²) in [6, 6.07) is 29.9. The minimum Gasteiger partial charge on any atom is -0.423 e. The van der Waals surface area contributed by atoms with Crippen molar-refractivity contribution in [1.29, 1.82) is 0 Å². The lowest BCUT2D eigenvalue weighted by atomic mass is 9.75. The molecule has 32 heavy (non-hydrogen) atoms. The third kappa shape index (κ3) is 5.98. The summed E-state index contributed by atoms with van der Waals surface area (Å²) in [6.45, 7) is 0. The number of benzene rings is 4. The van der Waals surface area contributed by atoms with Crippen LogP contribution in [0.25, 0.3) is 22.3 Å². The van der Waals surface area contributed by atoms with E-state index in [0.717, 1.165) is 31.2 Å². The Labute approximate surface area is 204 Å². The molecule has 0 heterocycles. The first-order chi connectivity index (χ1) is 15.4. The monoisotopic (exact) mass is 552 g/mol. The van der Waals surface area contributed by atoms with Gasteiger partial charge in [0.15, 0.2) is 0 Å².